The van der Waals surface area contributed by atoms with Gasteiger partial charge in [-0.2, -0.15) is 0 Å². The molecule has 0 bridgehead atoms. The van der Waals surface area contributed by atoms with Crippen molar-refractivity contribution in [2.24, 2.45) is 0 Å². The minimum Gasteiger partial charge on any atom is -0.496 e. The van der Waals surface area contributed by atoms with Gasteiger partial charge in [0.15, 0.2) is 5.16 Å². The van der Waals surface area contributed by atoms with Crippen molar-refractivity contribution in [3.05, 3.63) is 94.3 Å². The predicted molar refractivity (Wildman–Crippen MR) is 137 cm³/mol. The van der Waals surface area contributed by atoms with E-state index in [1.807, 2.05) is 73.7 Å². The topological polar surface area (TPSA) is 73.2 Å². The minimum atomic E-state index is -0.469. The second-order valence-electron chi connectivity index (χ2n) is 7.86. The van der Waals surface area contributed by atoms with Gasteiger partial charge in [0.2, 0.25) is 5.91 Å². The zero-order valence-electron chi connectivity index (χ0n) is 19.4. The molecule has 7 heteroatoms. The number of hydrogen-bond acceptors (Lipinski definition) is 5. The molecule has 1 amide bonds. The molecule has 0 aliphatic rings. The molecule has 34 heavy (non-hydrogen) atoms. The maximum atomic E-state index is 13.4. The summed E-state index contributed by atoms with van der Waals surface area (Å²) in [5, 5.41) is 3.52. The van der Waals surface area contributed by atoms with E-state index in [-0.39, 0.29) is 11.5 Å². The van der Waals surface area contributed by atoms with Crippen LogP contribution in [0.4, 0.5) is 0 Å². The van der Waals surface area contributed by atoms with E-state index < -0.39 is 5.25 Å². The van der Waals surface area contributed by atoms with Crippen LogP contribution in [0.25, 0.3) is 16.6 Å². The number of aromatic nitrogens is 2. The van der Waals surface area contributed by atoms with Gasteiger partial charge in [-0.05, 0) is 49.2 Å². The highest BCUT2D eigenvalue weighted by atomic mass is 32.2. The number of nitrogens with zero attached hydrogens (tertiary/aromatic N) is 2. The molecule has 1 unspecified atom stereocenters. The Morgan fingerprint density at radius 3 is 2.50 bits per heavy atom. The Balaban J connectivity index is 1.63. The summed E-state index contributed by atoms with van der Waals surface area (Å²) >= 11 is 1.27. The zero-order valence-corrected chi connectivity index (χ0v) is 20.3. The third-order valence-corrected chi connectivity index (χ3v) is 6.70. The first-order valence-electron chi connectivity index (χ1n) is 11.2. The molecule has 0 aliphatic carbocycles. The van der Waals surface area contributed by atoms with Crippen molar-refractivity contribution in [3.63, 3.8) is 0 Å². The van der Waals surface area contributed by atoms with Crippen molar-refractivity contribution in [3.8, 4) is 11.4 Å². The van der Waals surface area contributed by atoms with Crippen molar-refractivity contribution in [1.29, 1.82) is 0 Å². The molecular formula is C27H27N3O3S. The van der Waals surface area contributed by atoms with Gasteiger partial charge in [0.1, 0.15) is 5.75 Å². The van der Waals surface area contributed by atoms with Gasteiger partial charge in [-0.15, -0.1) is 0 Å². The summed E-state index contributed by atoms with van der Waals surface area (Å²) in [6.07, 6.45) is 0.913. The van der Waals surface area contributed by atoms with Crippen LogP contribution in [0.2, 0.25) is 0 Å². The normalized spacial score (nSPS) is 11.9. The number of methoxy groups -OCH3 is 1. The SMILES string of the molecule is CCc1ccc(-n2c(SC(C)C(=O)NCc3ccccc3OC)nc3ccccc3c2=O)cc1. The van der Waals surface area contributed by atoms with E-state index in [1.165, 1.54) is 17.3 Å². The molecule has 0 saturated carbocycles. The average molecular weight is 474 g/mol. The predicted octanol–water partition coefficient (Wildman–Crippen LogP) is 4.75. The van der Waals surface area contributed by atoms with Crippen molar-refractivity contribution in [2.75, 3.05) is 7.11 Å². The van der Waals surface area contributed by atoms with Crippen LogP contribution in [0, 0.1) is 0 Å². The fourth-order valence-electron chi connectivity index (χ4n) is 3.69. The van der Waals surface area contributed by atoms with Gasteiger partial charge in [-0.1, -0.05) is 61.2 Å². The molecule has 4 aromatic rings. The minimum absolute atomic E-state index is 0.147. The van der Waals surface area contributed by atoms with Crippen LogP contribution in [0.1, 0.15) is 25.0 Å². The summed E-state index contributed by atoms with van der Waals surface area (Å²) in [4.78, 5) is 31.1. The van der Waals surface area contributed by atoms with Gasteiger partial charge in [0, 0.05) is 12.1 Å². The molecule has 0 saturated heterocycles. The third-order valence-electron chi connectivity index (χ3n) is 5.64. The fraction of sp³-hybridized carbons (Fsp3) is 0.222. The van der Waals surface area contributed by atoms with Crippen molar-refractivity contribution in [2.45, 2.75) is 37.2 Å². The van der Waals surface area contributed by atoms with E-state index in [4.69, 9.17) is 9.72 Å². The third kappa shape index (κ3) is 4.99. The number of nitrogens with one attached hydrogen (secondary N) is 1. The molecule has 174 valence electrons. The van der Waals surface area contributed by atoms with Gasteiger partial charge in [-0.25, -0.2) is 4.98 Å². The van der Waals surface area contributed by atoms with E-state index in [0.717, 1.165) is 23.4 Å². The van der Waals surface area contributed by atoms with Gasteiger partial charge >= 0.3 is 0 Å². The number of ether oxygens (including phenoxy) is 1. The molecule has 1 aromatic heterocycles. The maximum absolute atomic E-state index is 13.4. The van der Waals surface area contributed by atoms with Crippen LogP contribution in [-0.4, -0.2) is 27.8 Å². The first-order valence-corrected chi connectivity index (χ1v) is 12.1. The molecule has 0 fully saturated rings. The van der Waals surface area contributed by atoms with Crippen molar-refractivity contribution < 1.29 is 9.53 Å². The molecule has 0 spiro atoms. The van der Waals surface area contributed by atoms with Crippen LogP contribution in [0.3, 0.4) is 0 Å². The molecule has 1 N–H and O–H groups in total. The van der Waals surface area contributed by atoms with E-state index >= 15 is 0 Å². The van der Waals surface area contributed by atoms with Gasteiger partial charge < -0.3 is 10.1 Å². The highest BCUT2D eigenvalue weighted by molar-refractivity contribution is 8.00. The first kappa shape index (κ1) is 23.6. The largest absolute Gasteiger partial charge is 0.496 e. The molecule has 6 nitrogen and oxygen atoms in total. The average Bonchev–Trinajstić information content (AvgIpc) is 2.87. The number of rotatable bonds is 8. The maximum Gasteiger partial charge on any atom is 0.266 e. The van der Waals surface area contributed by atoms with Crippen LogP contribution >= 0.6 is 11.8 Å². The molecule has 4 rings (SSSR count). The van der Waals surface area contributed by atoms with Crippen molar-refractivity contribution >= 4 is 28.6 Å². The summed E-state index contributed by atoms with van der Waals surface area (Å²) in [6.45, 7) is 4.25. The lowest BCUT2D eigenvalue weighted by Gasteiger charge is -2.17. The number of benzene rings is 3. The number of amides is 1. The molecule has 1 heterocycles. The monoisotopic (exact) mass is 473 g/mol. The van der Waals surface area contributed by atoms with Crippen LogP contribution in [0.5, 0.6) is 5.75 Å². The number of aryl methyl sites for hydroxylation is 1. The summed E-state index contributed by atoms with van der Waals surface area (Å²) in [5.41, 5.74) is 3.26. The van der Waals surface area contributed by atoms with Crippen LogP contribution in [-0.2, 0) is 17.8 Å². The molecular weight excluding hydrogens is 446 g/mol. The van der Waals surface area contributed by atoms with Gasteiger partial charge in [-0.3, -0.25) is 14.2 Å². The lowest BCUT2D eigenvalue weighted by Crippen LogP contribution is -2.31. The zero-order chi connectivity index (χ0) is 24.1. The van der Waals surface area contributed by atoms with E-state index in [9.17, 15) is 9.59 Å². The Morgan fingerprint density at radius 2 is 1.76 bits per heavy atom. The van der Waals surface area contributed by atoms with E-state index in [0.29, 0.717) is 22.6 Å². The van der Waals surface area contributed by atoms with E-state index in [1.54, 1.807) is 17.7 Å². The number of para-hydroxylation sites is 2. The lowest BCUT2D eigenvalue weighted by molar-refractivity contribution is -0.120. The Labute approximate surface area is 203 Å². The number of thioether (sulfide) groups is 1. The second kappa shape index (κ2) is 10.6. The Kier molecular flexibility index (Phi) is 7.33. The molecule has 1 atom stereocenters. The summed E-state index contributed by atoms with van der Waals surface area (Å²) < 4.78 is 6.96. The quantitative estimate of drug-likeness (QED) is 0.295. The fourth-order valence-corrected chi connectivity index (χ4v) is 4.64. The number of hydrogen-bond donors (Lipinski definition) is 1. The van der Waals surface area contributed by atoms with Crippen molar-refractivity contribution in [1.82, 2.24) is 14.9 Å². The Morgan fingerprint density at radius 1 is 1.06 bits per heavy atom. The standard InChI is InChI=1S/C27H27N3O3S/c1-4-19-13-15-21(16-14-19)30-26(32)22-10-6-7-11-23(22)29-27(30)34-18(2)25(31)28-17-20-9-5-8-12-24(20)33-3/h5-16,18H,4,17H2,1-3H3,(H,28,31). The summed E-state index contributed by atoms with van der Waals surface area (Å²) in [5.74, 6) is 0.579. The smallest absolute Gasteiger partial charge is 0.266 e. The number of carbonyl (C=O) groups is 1. The first-order chi connectivity index (χ1) is 16.5. The molecule has 0 aliphatic heterocycles. The van der Waals surface area contributed by atoms with Gasteiger partial charge in [0.25, 0.3) is 5.56 Å². The van der Waals surface area contributed by atoms with E-state index in [2.05, 4.69) is 12.2 Å². The highest BCUT2D eigenvalue weighted by Gasteiger charge is 2.20. The molecule has 0 radical (unpaired) electrons. The Bertz CT molecular complexity index is 1370. The lowest BCUT2D eigenvalue weighted by atomic mass is 10.1. The van der Waals surface area contributed by atoms with Gasteiger partial charge in [0.05, 0.1) is 29.0 Å². The van der Waals surface area contributed by atoms with Crippen LogP contribution in [0.15, 0.2) is 82.7 Å². The number of carbonyl (C=O) groups excluding carboxylic acids is 1. The van der Waals surface area contributed by atoms with Crippen LogP contribution < -0.4 is 15.6 Å². The number of fused-ring (bicyclic) bond motifs is 1. The Hall–Kier alpha value is -3.58. The second-order valence-corrected chi connectivity index (χ2v) is 9.17. The summed E-state index contributed by atoms with van der Waals surface area (Å²) in [7, 11) is 1.61. The highest BCUT2D eigenvalue weighted by Crippen LogP contribution is 2.26. The molecule has 3 aromatic carbocycles. The summed E-state index contributed by atoms with van der Waals surface area (Å²) in [6, 6.07) is 22.7.